The van der Waals surface area contributed by atoms with E-state index in [1.165, 1.54) is 5.56 Å². The van der Waals surface area contributed by atoms with Crippen molar-refractivity contribution in [2.24, 2.45) is 17.6 Å². The number of nitrogens with two attached hydrogens (primary N) is 1. The monoisotopic (exact) mass is 476 g/mol. The topological polar surface area (TPSA) is 95.7 Å². The third-order valence-corrected chi connectivity index (χ3v) is 7.22. The van der Waals surface area contributed by atoms with Gasteiger partial charge in [0.15, 0.2) is 0 Å². The SMILES string of the molecule is NC(=O)[C@H]1CCCN(Cc2ccc(NC(=O)C3CCN(C(=O)CCc4ccccc4)CC3)cc2)C1. The predicted octanol–water partition coefficient (Wildman–Crippen LogP) is 3.19. The number of nitrogens with one attached hydrogen (secondary N) is 1. The van der Waals surface area contributed by atoms with E-state index in [1.807, 2.05) is 59.5 Å². The summed E-state index contributed by atoms with van der Waals surface area (Å²) in [5.41, 5.74) is 8.59. The van der Waals surface area contributed by atoms with Crippen LogP contribution in [0, 0.1) is 11.8 Å². The zero-order valence-electron chi connectivity index (χ0n) is 20.3. The van der Waals surface area contributed by atoms with Crippen LogP contribution in [-0.2, 0) is 27.3 Å². The molecule has 0 bridgehead atoms. The number of primary amides is 1. The first kappa shape index (κ1) is 24.9. The van der Waals surface area contributed by atoms with E-state index in [0.29, 0.717) is 38.9 Å². The fourth-order valence-corrected chi connectivity index (χ4v) is 5.07. The number of carbonyl (C=O) groups is 3. The summed E-state index contributed by atoms with van der Waals surface area (Å²) >= 11 is 0. The number of nitrogens with zero attached hydrogens (tertiary/aromatic N) is 2. The van der Waals surface area contributed by atoms with Crippen LogP contribution in [0.5, 0.6) is 0 Å². The molecule has 2 aromatic rings. The minimum Gasteiger partial charge on any atom is -0.369 e. The van der Waals surface area contributed by atoms with Crippen LogP contribution >= 0.6 is 0 Å². The molecule has 1 atom stereocenters. The Bertz CT molecular complexity index is 1000. The van der Waals surface area contributed by atoms with E-state index in [1.54, 1.807) is 0 Å². The molecule has 4 rings (SSSR count). The van der Waals surface area contributed by atoms with E-state index >= 15 is 0 Å². The van der Waals surface area contributed by atoms with Crippen molar-refractivity contribution in [3.05, 3.63) is 65.7 Å². The van der Waals surface area contributed by atoms with Gasteiger partial charge in [-0.15, -0.1) is 0 Å². The molecule has 2 fully saturated rings. The Labute approximate surface area is 207 Å². The van der Waals surface area contributed by atoms with Crippen molar-refractivity contribution in [1.29, 1.82) is 0 Å². The Hall–Kier alpha value is -3.19. The molecule has 186 valence electrons. The molecule has 0 unspecified atom stereocenters. The highest BCUT2D eigenvalue weighted by molar-refractivity contribution is 5.92. The van der Waals surface area contributed by atoms with E-state index in [2.05, 4.69) is 10.2 Å². The second-order valence-electron chi connectivity index (χ2n) is 9.80. The molecule has 2 saturated heterocycles. The van der Waals surface area contributed by atoms with Crippen molar-refractivity contribution >= 4 is 23.4 Å². The van der Waals surface area contributed by atoms with E-state index in [0.717, 1.165) is 43.6 Å². The number of benzene rings is 2. The fourth-order valence-electron chi connectivity index (χ4n) is 5.07. The summed E-state index contributed by atoms with van der Waals surface area (Å²) in [6, 6.07) is 18.0. The molecule has 0 radical (unpaired) electrons. The van der Waals surface area contributed by atoms with Crippen LogP contribution in [0.4, 0.5) is 5.69 Å². The summed E-state index contributed by atoms with van der Waals surface area (Å²) in [6.07, 6.45) is 4.50. The van der Waals surface area contributed by atoms with E-state index < -0.39 is 0 Å². The van der Waals surface area contributed by atoms with Crippen molar-refractivity contribution < 1.29 is 14.4 Å². The average molecular weight is 477 g/mol. The lowest BCUT2D eigenvalue weighted by Gasteiger charge is -2.31. The second-order valence-corrected chi connectivity index (χ2v) is 9.80. The van der Waals surface area contributed by atoms with Gasteiger partial charge < -0.3 is 16.0 Å². The number of piperidine rings is 2. The van der Waals surface area contributed by atoms with Crippen molar-refractivity contribution in [3.8, 4) is 0 Å². The van der Waals surface area contributed by atoms with Gasteiger partial charge in [0.25, 0.3) is 0 Å². The first-order valence-corrected chi connectivity index (χ1v) is 12.7. The van der Waals surface area contributed by atoms with Gasteiger partial charge in [-0.1, -0.05) is 42.5 Å². The van der Waals surface area contributed by atoms with Crippen LogP contribution in [0.2, 0.25) is 0 Å². The fraction of sp³-hybridized carbons (Fsp3) is 0.464. The van der Waals surface area contributed by atoms with Crippen molar-refractivity contribution in [2.75, 3.05) is 31.5 Å². The van der Waals surface area contributed by atoms with Gasteiger partial charge in [0.05, 0.1) is 5.92 Å². The average Bonchev–Trinajstić information content (AvgIpc) is 2.89. The molecular weight excluding hydrogens is 440 g/mol. The van der Waals surface area contributed by atoms with Gasteiger partial charge in [-0.3, -0.25) is 19.3 Å². The van der Waals surface area contributed by atoms with Crippen molar-refractivity contribution in [3.63, 3.8) is 0 Å². The number of hydrogen-bond acceptors (Lipinski definition) is 4. The highest BCUT2D eigenvalue weighted by Crippen LogP contribution is 2.22. The van der Waals surface area contributed by atoms with Crippen LogP contribution in [0.15, 0.2) is 54.6 Å². The predicted molar refractivity (Wildman–Crippen MR) is 136 cm³/mol. The largest absolute Gasteiger partial charge is 0.369 e. The molecule has 0 saturated carbocycles. The highest BCUT2D eigenvalue weighted by atomic mass is 16.2. The normalized spacial score (nSPS) is 19.3. The van der Waals surface area contributed by atoms with Crippen molar-refractivity contribution in [2.45, 2.75) is 45.1 Å². The number of hydrogen-bond donors (Lipinski definition) is 2. The number of anilines is 1. The molecule has 2 aliphatic rings. The van der Waals surface area contributed by atoms with E-state index in [9.17, 15) is 14.4 Å². The molecule has 0 aromatic heterocycles. The molecule has 3 N–H and O–H groups in total. The Morgan fingerprint density at radius 2 is 1.57 bits per heavy atom. The van der Waals surface area contributed by atoms with Crippen LogP contribution in [0.3, 0.4) is 0 Å². The van der Waals surface area contributed by atoms with Gasteiger partial charge in [0.2, 0.25) is 17.7 Å². The minimum atomic E-state index is -0.213. The van der Waals surface area contributed by atoms with Gasteiger partial charge in [-0.25, -0.2) is 0 Å². The van der Waals surface area contributed by atoms with Crippen LogP contribution in [0.1, 0.15) is 43.2 Å². The molecule has 2 heterocycles. The van der Waals surface area contributed by atoms with E-state index in [-0.39, 0.29) is 29.6 Å². The Morgan fingerprint density at radius 1 is 0.857 bits per heavy atom. The summed E-state index contributed by atoms with van der Waals surface area (Å²) in [5, 5.41) is 3.04. The number of carbonyl (C=O) groups excluding carboxylic acids is 3. The van der Waals surface area contributed by atoms with Crippen molar-refractivity contribution in [1.82, 2.24) is 9.80 Å². The minimum absolute atomic E-state index is 0.0227. The maximum absolute atomic E-state index is 12.8. The molecular formula is C28H36N4O3. The molecule has 35 heavy (non-hydrogen) atoms. The molecule has 2 aliphatic heterocycles. The van der Waals surface area contributed by atoms with Crippen LogP contribution in [-0.4, -0.2) is 53.7 Å². The number of rotatable bonds is 8. The lowest BCUT2D eigenvalue weighted by molar-refractivity contribution is -0.134. The lowest BCUT2D eigenvalue weighted by atomic mass is 9.95. The Balaban J connectivity index is 1.19. The number of aryl methyl sites for hydroxylation is 1. The summed E-state index contributed by atoms with van der Waals surface area (Å²) in [4.78, 5) is 41.0. The van der Waals surface area contributed by atoms with Gasteiger partial charge in [-0.2, -0.15) is 0 Å². The molecule has 0 aliphatic carbocycles. The summed E-state index contributed by atoms with van der Waals surface area (Å²) in [7, 11) is 0. The van der Waals surface area contributed by atoms with Gasteiger partial charge in [-0.05, 0) is 61.9 Å². The summed E-state index contributed by atoms with van der Waals surface area (Å²) in [6.45, 7) is 3.71. The standard InChI is InChI=1S/C28H36N4O3/c29-27(34)24-7-4-16-31(20-24)19-22-8-11-25(12-9-22)30-28(35)23-14-17-32(18-15-23)26(33)13-10-21-5-2-1-3-6-21/h1-3,5-6,8-9,11-12,23-24H,4,7,10,13-20H2,(H2,29,34)(H,30,35)/t24-/m0/s1. The molecule has 7 nitrogen and oxygen atoms in total. The Kier molecular flexibility index (Phi) is 8.53. The smallest absolute Gasteiger partial charge is 0.227 e. The van der Waals surface area contributed by atoms with Crippen LogP contribution in [0.25, 0.3) is 0 Å². The maximum atomic E-state index is 12.8. The quantitative estimate of drug-likeness (QED) is 0.612. The summed E-state index contributed by atoms with van der Waals surface area (Å²) < 4.78 is 0. The maximum Gasteiger partial charge on any atom is 0.227 e. The molecule has 0 spiro atoms. The molecule has 3 amide bonds. The summed E-state index contributed by atoms with van der Waals surface area (Å²) in [5.74, 6) is -0.163. The third-order valence-electron chi connectivity index (χ3n) is 7.22. The van der Waals surface area contributed by atoms with Gasteiger partial charge >= 0.3 is 0 Å². The third kappa shape index (κ3) is 7.15. The van der Waals surface area contributed by atoms with Gasteiger partial charge in [0.1, 0.15) is 0 Å². The zero-order valence-corrected chi connectivity index (χ0v) is 20.3. The van der Waals surface area contributed by atoms with Gasteiger partial charge in [0, 0.05) is 44.2 Å². The highest BCUT2D eigenvalue weighted by Gasteiger charge is 2.27. The second kappa shape index (κ2) is 12.0. The first-order valence-electron chi connectivity index (χ1n) is 12.7. The number of amides is 3. The molecule has 7 heteroatoms. The lowest BCUT2D eigenvalue weighted by Crippen LogP contribution is -2.41. The Morgan fingerprint density at radius 3 is 2.26 bits per heavy atom. The first-order chi connectivity index (χ1) is 17.0. The van der Waals surface area contributed by atoms with Crippen LogP contribution < -0.4 is 11.1 Å². The zero-order chi connectivity index (χ0) is 24.6. The molecule has 2 aromatic carbocycles. The number of likely N-dealkylation sites (tertiary alicyclic amines) is 2. The van der Waals surface area contributed by atoms with E-state index in [4.69, 9.17) is 5.73 Å².